The number of hydrogen-bond acceptors (Lipinski definition) is 19. The van der Waals surface area contributed by atoms with Gasteiger partial charge in [-0.25, -0.2) is 49.6 Å². The number of fused-ring (bicyclic) bond motifs is 2. The number of aromatic nitrogens is 8. The number of nitrogens with zero attached hydrogens (tertiary/aromatic N) is 8. The van der Waals surface area contributed by atoms with Gasteiger partial charge >= 0.3 is 11.5 Å². The summed E-state index contributed by atoms with van der Waals surface area (Å²) >= 11 is 0. The number of hydrogen-bond donors (Lipinski definition) is 5. The highest BCUT2D eigenvalue weighted by Crippen LogP contribution is 2.40. The summed E-state index contributed by atoms with van der Waals surface area (Å²) in [4.78, 5) is 24.3. The Bertz CT molecular complexity index is 2960. The number of anilines is 2. The highest BCUT2D eigenvalue weighted by molar-refractivity contribution is 7.91. The minimum absolute atomic E-state index is 0. The smallest absolute Gasteiger partial charge is 0.365 e. The Hall–Kier alpha value is -5.61. The molecule has 22 nitrogen and oxygen atoms in total. The second-order valence-electron chi connectivity index (χ2n) is 16.8. The van der Waals surface area contributed by atoms with Crippen LogP contribution >= 0.6 is 12.4 Å². The van der Waals surface area contributed by atoms with Crippen molar-refractivity contribution < 1.29 is 39.7 Å². The van der Waals surface area contributed by atoms with E-state index in [0.29, 0.717) is 50.3 Å². The van der Waals surface area contributed by atoms with Crippen LogP contribution in [0, 0.1) is 16.4 Å². The highest BCUT2D eigenvalue weighted by Gasteiger charge is 2.38. The van der Waals surface area contributed by atoms with E-state index in [2.05, 4.69) is 66.7 Å². The average Bonchev–Trinajstić information content (AvgIpc) is 3.99. The molecule has 0 amide bonds. The molecule has 0 bridgehead atoms. The Kier molecular flexibility index (Phi) is 15.4. The summed E-state index contributed by atoms with van der Waals surface area (Å²) in [6.45, 7) is 11.5. The molecule has 0 radical (unpaired) electrons. The van der Waals surface area contributed by atoms with Crippen molar-refractivity contribution in [2.24, 2.45) is 5.73 Å². The minimum Gasteiger partial charge on any atom is -0.365 e. The van der Waals surface area contributed by atoms with Gasteiger partial charge in [-0.05, 0) is 91.4 Å². The summed E-state index contributed by atoms with van der Waals surface area (Å²) < 4.78 is 92.4. The van der Waals surface area contributed by atoms with Crippen molar-refractivity contribution in [3.63, 3.8) is 0 Å². The van der Waals surface area contributed by atoms with Gasteiger partial charge in [-0.2, -0.15) is 0 Å². The summed E-state index contributed by atoms with van der Waals surface area (Å²) in [5.41, 5.74) is 9.18. The van der Waals surface area contributed by atoms with Crippen molar-refractivity contribution in [2.75, 3.05) is 48.5 Å². The fraction of sp³-hybridized carbons (Fsp3) is 0.459. The molecule has 0 spiro atoms. The Morgan fingerprint density at radius 2 is 1.23 bits per heavy atom. The predicted octanol–water partition coefficient (Wildman–Crippen LogP) is 4.15. The van der Waals surface area contributed by atoms with E-state index in [-0.39, 0.29) is 69.7 Å². The first-order valence-electron chi connectivity index (χ1n) is 19.7. The van der Waals surface area contributed by atoms with Crippen LogP contribution < -0.4 is 32.3 Å². The number of halogens is 3. The molecule has 0 fully saturated rings. The average molecular weight is 987 g/mol. The molecule has 2 aromatic carbocycles. The number of nitrogens with one attached hydrogen (secondary N) is 4. The van der Waals surface area contributed by atoms with E-state index in [4.69, 9.17) is 28.8 Å². The van der Waals surface area contributed by atoms with Gasteiger partial charge in [-0.3, -0.25) is 18.0 Å². The van der Waals surface area contributed by atoms with Crippen LogP contribution in [-0.2, 0) is 32.6 Å². The first kappa shape index (κ1) is 50.4. The Morgan fingerprint density at radius 3 is 1.62 bits per heavy atom. The molecule has 28 heteroatoms. The van der Waals surface area contributed by atoms with E-state index < -0.39 is 45.5 Å². The van der Waals surface area contributed by atoms with Crippen molar-refractivity contribution >= 4 is 52.0 Å². The molecule has 4 aromatic heterocycles. The third kappa shape index (κ3) is 11.8. The summed E-state index contributed by atoms with van der Waals surface area (Å²) in [5.74, 6) is -1.02. The largest absolute Gasteiger partial charge is 0.442 e. The lowest BCUT2D eigenvalue weighted by atomic mass is 9.83. The predicted molar refractivity (Wildman–Crippen MR) is 239 cm³/mol. The molecule has 65 heavy (non-hydrogen) atoms. The molecule has 1 unspecified atom stereocenters. The molecular formula is C37H50ClF2N13O9S2Si. The van der Waals surface area contributed by atoms with E-state index in [1.54, 1.807) is 12.1 Å². The van der Waals surface area contributed by atoms with Crippen LogP contribution in [0.5, 0.6) is 0 Å². The third-order valence-corrected chi connectivity index (χ3v) is 19.2. The van der Waals surface area contributed by atoms with Crippen molar-refractivity contribution in [3.05, 3.63) is 91.4 Å². The number of nitrogens with two attached hydrogens (primary N) is 1. The molecule has 354 valence electrons. The van der Waals surface area contributed by atoms with E-state index in [0.717, 1.165) is 16.7 Å². The zero-order valence-corrected chi connectivity index (χ0v) is 39.8. The van der Waals surface area contributed by atoms with E-state index in [9.17, 15) is 31.0 Å². The SMILES string of the molecule is CC(C)(C)[Si](C)(C)NS(C)(=O)=O.CS(=N)(=O)CCCNc1nonc1-c1noc(=O)n1[C@H]1Cc2ccc(F)cc21.Cl.NCCNc1nonc1-c1noc(=O)n1[C@H]1Cc2ccc(F)cc21. The molecule has 4 heterocycles. The van der Waals surface area contributed by atoms with Gasteiger partial charge in [0.05, 0.1) is 18.3 Å². The number of rotatable bonds is 14. The van der Waals surface area contributed by atoms with Gasteiger partial charge in [0.1, 0.15) is 19.9 Å². The number of benzene rings is 2. The van der Waals surface area contributed by atoms with Gasteiger partial charge in [-0.1, -0.05) is 56.3 Å². The van der Waals surface area contributed by atoms with E-state index >= 15 is 0 Å². The van der Waals surface area contributed by atoms with Crippen LogP contribution in [0.4, 0.5) is 20.4 Å². The van der Waals surface area contributed by atoms with Crippen molar-refractivity contribution in [1.29, 1.82) is 4.78 Å². The fourth-order valence-electron chi connectivity index (χ4n) is 6.60. The Labute approximate surface area is 378 Å². The first-order valence-corrected chi connectivity index (χ1v) is 26.8. The van der Waals surface area contributed by atoms with Gasteiger partial charge in [0.25, 0.3) is 0 Å². The van der Waals surface area contributed by atoms with Crippen molar-refractivity contribution in [2.45, 2.75) is 70.2 Å². The van der Waals surface area contributed by atoms with Crippen LogP contribution in [0.25, 0.3) is 23.0 Å². The van der Waals surface area contributed by atoms with E-state index in [1.165, 1.54) is 45.9 Å². The molecular weight excluding hydrogens is 936 g/mol. The van der Waals surface area contributed by atoms with E-state index in [1.807, 2.05) is 13.1 Å². The maximum atomic E-state index is 13.6. The first-order chi connectivity index (χ1) is 30.0. The van der Waals surface area contributed by atoms with Gasteiger partial charge in [0.2, 0.25) is 33.3 Å². The summed E-state index contributed by atoms with van der Waals surface area (Å²) in [6, 6.07) is 8.15. The molecule has 0 saturated heterocycles. The maximum absolute atomic E-state index is 13.6. The lowest BCUT2D eigenvalue weighted by Gasteiger charge is -2.36. The topological polar surface area (TPSA) is 311 Å². The van der Waals surface area contributed by atoms with Crippen LogP contribution in [0.3, 0.4) is 0 Å². The standard InChI is InChI=1S/C16H17FN6O4S.C14H13FN6O3.C7H19NO2SSi.ClH/c1-28(18,25)6-2-5-19-14-13(20-27-21-14)15-22-26-16(24)23(15)12-7-9-3-4-10(17)8-11(9)12;15-8-2-1-7-5-10(9(7)6-8)21-13(20-23-14(21)22)11-12(17-4-3-16)19-24-18-11;1-7(2,3)12(5,6)8-11(4,9)10;/h3-4,8,12,18H,2,5-7H2,1H3,(H,19,21);1-2,6,10H,3-5,16H2,(H,17,19);8H,1-6H3;1H/t12-,28?;10-;;/m00../s1. The highest BCUT2D eigenvalue weighted by atomic mass is 35.5. The number of sulfonamides is 1. The quantitative estimate of drug-likeness (QED) is 0.0756. The minimum atomic E-state index is -3.05. The molecule has 8 rings (SSSR count). The summed E-state index contributed by atoms with van der Waals surface area (Å²) in [6.07, 6.45) is 4.18. The zero-order chi connectivity index (χ0) is 46.8. The molecule has 2 aliphatic rings. The van der Waals surface area contributed by atoms with Crippen LogP contribution in [0.15, 0.2) is 64.3 Å². The van der Waals surface area contributed by atoms with Gasteiger partial charge in [-0.15, -0.1) is 12.4 Å². The molecule has 2 aliphatic carbocycles. The fourth-order valence-corrected chi connectivity index (χ4v) is 12.2. The molecule has 3 atom stereocenters. The third-order valence-electron chi connectivity index (χ3n) is 10.8. The second kappa shape index (κ2) is 19.9. The molecule has 0 aliphatic heterocycles. The lowest BCUT2D eigenvalue weighted by Crippen LogP contribution is -2.54. The van der Waals surface area contributed by atoms with Crippen molar-refractivity contribution in [3.8, 4) is 23.0 Å². The summed E-state index contributed by atoms with van der Waals surface area (Å²) in [5, 5.41) is 28.6. The van der Waals surface area contributed by atoms with Crippen molar-refractivity contribution in [1.82, 2.24) is 44.5 Å². The molecule has 0 saturated carbocycles. The van der Waals surface area contributed by atoms with Crippen LogP contribution in [-0.4, -0.2) is 98.8 Å². The monoisotopic (exact) mass is 985 g/mol. The maximum Gasteiger partial charge on any atom is 0.442 e. The second-order valence-corrected chi connectivity index (χ2v) is 26.3. The van der Waals surface area contributed by atoms with Gasteiger partial charge < -0.3 is 16.4 Å². The summed E-state index contributed by atoms with van der Waals surface area (Å²) in [7, 11) is -7.50. The normalized spacial score (nSPS) is 16.2. The zero-order valence-electron chi connectivity index (χ0n) is 36.4. The Balaban J connectivity index is 0.000000196. The van der Waals surface area contributed by atoms with Crippen LogP contribution in [0.1, 0.15) is 61.5 Å². The molecule has 6 N–H and O–H groups in total. The van der Waals surface area contributed by atoms with Crippen LogP contribution in [0.2, 0.25) is 18.1 Å². The molecule has 6 aromatic rings. The van der Waals surface area contributed by atoms with Gasteiger partial charge in [0.15, 0.2) is 11.4 Å². The Morgan fingerprint density at radius 1 is 0.785 bits per heavy atom. The lowest BCUT2D eigenvalue weighted by molar-refractivity contribution is 0.309. The van der Waals surface area contributed by atoms with Gasteiger partial charge in [0, 0.05) is 41.4 Å².